The van der Waals surface area contributed by atoms with E-state index in [4.69, 9.17) is 10.5 Å². The highest BCUT2D eigenvalue weighted by Crippen LogP contribution is 2.25. The lowest BCUT2D eigenvalue weighted by atomic mass is 10.0. The minimum Gasteiger partial charge on any atom is -0.496 e. The summed E-state index contributed by atoms with van der Waals surface area (Å²) in [6, 6.07) is 6.20. The first-order valence-electron chi connectivity index (χ1n) is 7.91. The topological polar surface area (TPSA) is 41.7 Å². The molecule has 0 radical (unpaired) electrons. The molecule has 1 saturated heterocycles. The molecule has 1 unspecified atom stereocenters. The van der Waals surface area contributed by atoms with Crippen LogP contribution in [-0.2, 0) is 0 Å². The van der Waals surface area contributed by atoms with E-state index >= 15 is 0 Å². The maximum atomic E-state index is 6.39. The van der Waals surface area contributed by atoms with Gasteiger partial charge in [0.15, 0.2) is 0 Å². The Morgan fingerprint density at radius 1 is 1.33 bits per heavy atom. The van der Waals surface area contributed by atoms with Gasteiger partial charge in [-0.25, -0.2) is 0 Å². The van der Waals surface area contributed by atoms with Crippen LogP contribution in [0.25, 0.3) is 0 Å². The molecule has 1 aromatic carbocycles. The quantitative estimate of drug-likeness (QED) is 0.834. The molecule has 1 aromatic rings. The summed E-state index contributed by atoms with van der Waals surface area (Å²) < 4.78 is 5.44. The van der Waals surface area contributed by atoms with Crippen molar-refractivity contribution in [2.75, 3.05) is 46.9 Å². The number of nitrogens with zero attached hydrogens (tertiary/aromatic N) is 2. The van der Waals surface area contributed by atoms with Gasteiger partial charge in [-0.1, -0.05) is 17.7 Å². The standard InChI is InChI=1S/C17H29N3O/c1-14-6-7-17(21-3)15(12-14)16(18)13-19(2)10-11-20-8-4-5-9-20/h6-7,12,16H,4-5,8-11,13,18H2,1-3H3. The molecule has 0 spiro atoms. The van der Waals surface area contributed by atoms with Crippen LogP contribution in [0.15, 0.2) is 18.2 Å². The van der Waals surface area contributed by atoms with Crippen molar-refractivity contribution in [1.82, 2.24) is 9.80 Å². The summed E-state index contributed by atoms with van der Waals surface area (Å²) in [5.74, 6) is 0.890. The van der Waals surface area contributed by atoms with Gasteiger partial charge in [0.2, 0.25) is 0 Å². The molecule has 1 heterocycles. The van der Waals surface area contributed by atoms with Gasteiger partial charge in [-0.05, 0) is 46.0 Å². The van der Waals surface area contributed by atoms with Crippen molar-refractivity contribution in [3.05, 3.63) is 29.3 Å². The van der Waals surface area contributed by atoms with E-state index in [1.165, 1.54) is 31.5 Å². The molecular weight excluding hydrogens is 262 g/mol. The van der Waals surface area contributed by atoms with Crippen molar-refractivity contribution < 1.29 is 4.74 Å². The maximum Gasteiger partial charge on any atom is 0.123 e. The zero-order valence-electron chi connectivity index (χ0n) is 13.6. The van der Waals surface area contributed by atoms with Gasteiger partial charge in [0, 0.05) is 31.2 Å². The third kappa shape index (κ3) is 4.70. The molecule has 1 aliphatic heterocycles. The maximum absolute atomic E-state index is 6.39. The Bertz CT molecular complexity index is 444. The summed E-state index contributed by atoms with van der Waals surface area (Å²) in [5.41, 5.74) is 8.72. The molecule has 1 atom stereocenters. The lowest BCUT2D eigenvalue weighted by molar-refractivity contribution is 0.247. The lowest BCUT2D eigenvalue weighted by Gasteiger charge is -2.25. The number of benzene rings is 1. The van der Waals surface area contributed by atoms with Crippen LogP contribution in [0.2, 0.25) is 0 Å². The minimum absolute atomic E-state index is 0.0107. The predicted molar refractivity (Wildman–Crippen MR) is 87.8 cm³/mol. The molecule has 0 aliphatic carbocycles. The summed E-state index contributed by atoms with van der Waals surface area (Å²) in [6.45, 7) is 7.67. The average Bonchev–Trinajstić information content (AvgIpc) is 2.98. The summed E-state index contributed by atoms with van der Waals surface area (Å²) in [7, 11) is 3.86. The fourth-order valence-corrected chi connectivity index (χ4v) is 2.99. The van der Waals surface area contributed by atoms with Crippen molar-refractivity contribution in [2.45, 2.75) is 25.8 Å². The first-order valence-corrected chi connectivity index (χ1v) is 7.91. The number of hydrogen-bond acceptors (Lipinski definition) is 4. The summed E-state index contributed by atoms with van der Waals surface area (Å²) in [4.78, 5) is 4.86. The third-order valence-corrected chi connectivity index (χ3v) is 4.29. The first-order chi connectivity index (χ1) is 10.1. The van der Waals surface area contributed by atoms with Gasteiger partial charge in [0.25, 0.3) is 0 Å². The molecule has 2 N–H and O–H groups in total. The van der Waals surface area contributed by atoms with Crippen molar-refractivity contribution in [1.29, 1.82) is 0 Å². The van der Waals surface area contributed by atoms with E-state index in [9.17, 15) is 0 Å². The van der Waals surface area contributed by atoms with Crippen molar-refractivity contribution >= 4 is 0 Å². The molecule has 0 amide bonds. The van der Waals surface area contributed by atoms with Gasteiger partial charge in [-0.15, -0.1) is 0 Å². The van der Waals surface area contributed by atoms with E-state index < -0.39 is 0 Å². The zero-order valence-corrected chi connectivity index (χ0v) is 13.6. The van der Waals surface area contributed by atoms with E-state index in [2.05, 4.69) is 35.9 Å². The number of ether oxygens (including phenoxy) is 1. The van der Waals surface area contributed by atoms with Crippen LogP contribution < -0.4 is 10.5 Å². The molecule has 1 aliphatic rings. The second-order valence-corrected chi connectivity index (χ2v) is 6.16. The zero-order chi connectivity index (χ0) is 15.2. The highest BCUT2D eigenvalue weighted by molar-refractivity contribution is 5.39. The molecular formula is C17H29N3O. The van der Waals surface area contributed by atoms with Crippen LogP contribution in [0.1, 0.15) is 30.0 Å². The first kappa shape index (κ1) is 16.3. The Balaban J connectivity index is 1.87. The van der Waals surface area contributed by atoms with Gasteiger partial charge in [-0.2, -0.15) is 0 Å². The third-order valence-electron chi connectivity index (χ3n) is 4.29. The highest BCUT2D eigenvalue weighted by atomic mass is 16.5. The molecule has 4 heteroatoms. The molecule has 118 valence electrons. The van der Waals surface area contributed by atoms with Crippen molar-refractivity contribution in [3.8, 4) is 5.75 Å². The predicted octanol–water partition coefficient (Wildman–Crippen LogP) is 2.03. The van der Waals surface area contributed by atoms with E-state index in [1.54, 1.807) is 7.11 Å². The van der Waals surface area contributed by atoms with Crippen LogP contribution >= 0.6 is 0 Å². The molecule has 21 heavy (non-hydrogen) atoms. The molecule has 0 aromatic heterocycles. The summed E-state index contributed by atoms with van der Waals surface area (Å²) in [5, 5.41) is 0. The van der Waals surface area contributed by atoms with Crippen LogP contribution in [0, 0.1) is 6.92 Å². The van der Waals surface area contributed by atoms with Gasteiger partial charge in [0.1, 0.15) is 5.75 Å². The molecule has 1 fully saturated rings. The van der Waals surface area contributed by atoms with Crippen molar-refractivity contribution in [3.63, 3.8) is 0 Å². The Morgan fingerprint density at radius 3 is 2.71 bits per heavy atom. The number of nitrogens with two attached hydrogens (primary N) is 1. The van der Waals surface area contributed by atoms with Gasteiger partial charge in [0.05, 0.1) is 7.11 Å². The van der Waals surface area contributed by atoms with Gasteiger partial charge < -0.3 is 20.3 Å². The Morgan fingerprint density at radius 2 is 2.05 bits per heavy atom. The Labute approximate surface area is 128 Å². The van der Waals surface area contributed by atoms with Gasteiger partial charge in [-0.3, -0.25) is 0 Å². The Kier molecular flexibility index (Phi) is 6.03. The molecule has 4 nitrogen and oxygen atoms in total. The number of methoxy groups -OCH3 is 1. The summed E-state index contributed by atoms with van der Waals surface area (Å²) >= 11 is 0. The van der Waals surface area contributed by atoms with E-state index in [1.807, 2.05) is 6.07 Å². The van der Waals surface area contributed by atoms with Crippen LogP contribution in [0.5, 0.6) is 5.75 Å². The number of likely N-dealkylation sites (N-methyl/N-ethyl adjacent to an activating group) is 1. The monoisotopic (exact) mass is 291 g/mol. The number of likely N-dealkylation sites (tertiary alicyclic amines) is 1. The van der Waals surface area contributed by atoms with Gasteiger partial charge >= 0.3 is 0 Å². The van der Waals surface area contributed by atoms with Crippen LogP contribution in [-0.4, -0.2) is 56.7 Å². The highest BCUT2D eigenvalue weighted by Gasteiger charge is 2.16. The van der Waals surface area contributed by atoms with Crippen LogP contribution in [0.3, 0.4) is 0 Å². The molecule has 0 saturated carbocycles. The Hall–Kier alpha value is -1.10. The fraction of sp³-hybridized carbons (Fsp3) is 0.647. The molecule has 0 bridgehead atoms. The SMILES string of the molecule is COc1ccc(C)cc1C(N)CN(C)CCN1CCCC1. The lowest BCUT2D eigenvalue weighted by Crippen LogP contribution is -2.35. The number of rotatable bonds is 7. The van der Waals surface area contributed by atoms with Crippen LogP contribution in [0.4, 0.5) is 0 Å². The summed E-state index contributed by atoms with van der Waals surface area (Å²) in [6.07, 6.45) is 2.70. The second-order valence-electron chi connectivity index (χ2n) is 6.16. The second kappa shape index (κ2) is 7.78. The fourth-order valence-electron chi connectivity index (χ4n) is 2.99. The smallest absolute Gasteiger partial charge is 0.123 e. The van der Waals surface area contributed by atoms with Crippen molar-refractivity contribution in [2.24, 2.45) is 5.73 Å². The minimum atomic E-state index is -0.0107. The van der Waals surface area contributed by atoms with E-state index in [-0.39, 0.29) is 6.04 Å². The van der Waals surface area contributed by atoms with E-state index in [0.717, 1.165) is 30.9 Å². The largest absolute Gasteiger partial charge is 0.496 e. The number of aryl methyl sites for hydroxylation is 1. The van der Waals surface area contributed by atoms with E-state index in [0.29, 0.717) is 0 Å². The average molecular weight is 291 g/mol. The molecule has 2 rings (SSSR count). The number of hydrogen-bond donors (Lipinski definition) is 1. The normalized spacial score (nSPS) is 17.4.